The minimum absolute atomic E-state index is 0.0861. The largest absolute Gasteiger partial charge is 0.322 e. The smallest absolute Gasteiger partial charge is 0.270 e. The summed E-state index contributed by atoms with van der Waals surface area (Å²) < 4.78 is 13.0. The molecule has 3 aromatic carbocycles. The Morgan fingerprint density at radius 1 is 0.857 bits per heavy atom. The molecule has 28 heavy (non-hydrogen) atoms. The van der Waals surface area contributed by atoms with Crippen molar-refractivity contribution in [3.05, 3.63) is 99.9 Å². The molecule has 0 fully saturated rings. The van der Waals surface area contributed by atoms with Gasteiger partial charge in [-0.2, -0.15) is 0 Å². The molecule has 0 aromatic heterocycles. The van der Waals surface area contributed by atoms with Crippen molar-refractivity contribution in [2.45, 2.75) is 0 Å². The van der Waals surface area contributed by atoms with Crippen LogP contribution in [0.1, 0.15) is 20.7 Å². The maximum absolute atomic E-state index is 13.0. The zero-order valence-electron chi connectivity index (χ0n) is 14.4. The van der Waals surface area contributed by atoms with Crippen LogP contribution in [0.3, 0.4) is 0 Å². The normalized spacial score (nSPS) is 10.2. The Labute approximate surface area is 159 Å². The molecule has 0 spiro atoms. The van der Waals surface area contributed by atoms with Crippen LogP contribution < -0.4 is 10.6 Å². The first-order valence-corrected chi connectivity index (χ1v) is 8.16. The van der Waals surface area contributed by atoms with E-state index in [1.54, 1.807) is 12.1 Å². The number of hydrogen-bond donors (Lipinski definition) is 2. The van der Waals surface area contributed by atoms with E-state index in [2.05, 4.69) is 10.6 Å². The van der Waals surface area contributed by atoms with Crippen LogP contribution in [0.15, 0.2) is 72.8 Å². The van der Waals surface area contributed by atoms with Crippen LogP contribution in [0, 0.1) is 15.9 Å². The van der Waals surface area contributed by atoms with Crippen LogP contribution in [0.25, 0.3) is 0 Å². The predicted octanol–water partition coefficient (Wildman–Crippen LogP) is 4.24. The average molecular weight is 379 g/mol. The number of anilines is 2. The van der Waals surface area contributed by atoms with E-state index in [0.717, 1.165) is 6.07 Å². The van der Waals surface area contributed by atoms with E-state index in [4.69, 9.17) is 0 Å². The quantitative estimate of drug-likeness (QED) is 0.511. The Balaban J connectivity index is 1.81. The number of hydrogen-bond acceptors (Lipinski definition) is 4. The molecule has 0 aliphatic heterocycles. The molecule has 3 aromatic rings. The molecule has 0 aliphatic carbocycles. The van der Waals surface area contributed by atoms with E-state index in [0.29, 0.717) is 5.69 Å². The molecule has 0 bridgehead atoms. The molecule has 0 radical (unpaired) electrons. The number of rotatable bonds is 5. The molecular formula is C20H14FN3O4. The lowest BCUT2D eigenvalue weighted by Gasteiger charge is -2.11. The van der Waals surface area contributed by atoms with Crippen molar-refractivity contribution in [3.8, 4) is 0 Å². The molecule has 0 aliphatic rings. The second-order valence-corrected chi connectivity index (χ2v) is 5.77. The summed E-state index contributed by atoms with van der Waals surface area (Å²) >= 11 is 0. The van der Waals surface area contributed by atoms with Crippen LogP contribution in [0.4, 0.5) is 21.5 Å². The van der Waals surface area contributed by atoms with Crippen LogP contribution in [-0.4, -0.2) is 16.7 Å². The summed E-state index contributed by atoms with van der Waals surface area (Å²) in [6.07, 6.45) is 0. The highest BCUT2D eigenvalue weighted by Gasteiger charge is 2.16. The molecule has 0 unspecified atom stereocenters. The molecule has 0 saturated carbocycles. The highest BCUT2D eigenvalue weighted by Crippen LogP contribution is 2.20. The van der Waals surface area contributed by atoms with Gasteiger partial charge in [-0.25, -0.2) is 4.39 Å². The molecule has 0 atom stereocenters. The maximum Gasteiger partial charge on any atom is 0.270 e. The first-order chi connectivity index (χ1) is 13.4. The van der Waals surface area contributed by atoms with Gasteiger partial charge in [-0.05, 0) is 42.5 Å². The van der Waals surface area contributed by atoms with Crippen molar-refractivity contribution in [2.75, 3.05) is 10.6 Å². The molecule has 0 saturated heterocycles. The summed E-state index contributed by atoms with van der Waals surface area (Å²) in [5.74, 6) is -1.52. The number of carbonyl (C=O) groups is 2. The Kier molecular flexibility index (Phi) is 5.40. The van der Waals surface area contributed by atoms with E-state index in [1.165, 1.54) is 54.6 Å². The number of nitro groups is 1. The zero-order valence-corrected chi connectivity index (χ0v) is 14.4. The van der Waals surface area contributed by atoms with Crippen LogP contribution in [0.2, 0.25) is 0 Å². The monoisotopic (exact) mass is 379 g/mol. The standard InChI is InChI=1S/C20H14FN3O4/c21-14-8-10-15(11-9-14)22-20(26)17-6-1-2-7-18(17)23-19(25)13-4-3-5-16(12-13)24(27)28/h1-12H,(H,22,26)(H,23,25). The molecule has 8 heteroatoms. The molecule has 0 heterocycles. The summed E-state index contributed by atoms with van der Waals surface area (Å²) in [5, 5.41) is 16.1. The van der Waals surface area contributed by atoms with Crippen molar-refractivity contribution < 1.29 is 18.9 Å². The third-order valence-electron chi connectivity index (χ3n) is 3.84. The van der Waals surface area contributed by atoms with Crippen molar-refractivity contribution >= 4 is 28.9 Å². The van der Waals surface area contributed by atoms with Crippen LogP contribution in [-0.2, 0) is 0 Å². The fourth-order valence-corrected chi connectivity index (χ4v) is 2.48. The van der Waals surface area contributed by atoms with Gasteiger partial charge in [0.1, 0.15) is 5.82 Å². The first kappa shape index (κ1) is 18.7. The van der Waals surface area contributed by atoms with Crippen LogP contribution >= 0.6 is 0 Å². The fraction of sp³-hybridized carbons (Fsp3) is 0. The molecule has 7 nitrogen and oxygen atoms in total. The molecule has 3 rings (SSSR count). The van der Waals surface area contributed by atoms with Crippen molar-refractivity contribution in [2.24, 2.45) is 0 Å². The van der Waals surface area contributed by atoms with Gasteiger partial charge in [0.05, 0.1) is 16.2 Å². The number of benzene rings is 3. The summed E-state index contributed by atoms with van der Waals surface area (Å²) in [5.41, 5.74) is 0.688. The number of carbonyl (C=O) groups excluding carboxylic acids is 2. The molecule has 140 valence electrons. The van der Waals surface area contributed by atoms with Gasteiger partial charge in [-0.1, -0.05) is 18.2 Å². The van der Waals surface area contributed by atoms with Crippen molar-refractivity contribution in [3.63, 3.8) is 0 Å². The minimum atomic E-state index is -0.596. The number of amides is 2. The Morgan fingerprint density at radius 2 is 1.57 bits per heavy atom. The summed E-state index contributed by atoms with van der Waals surface area (Å²) in [7, 11) is 0. The van der Waals surface area contributed by atoms with E-state index in [1.807, 2.05) is 0 Å². The van der Waals surface area contributed by atoms with Gasteiger partial charge in [-0.15, -0.1) is 0 Å². The molecule has 2 amide bonds. The highest BCUT2D eigenvalue weighted by atomic mass is 19.1. The predicted molar refractivity (Wildman–Crippen MR) is 102 cm³/mol. The van der Waals surface area contributed by atoms with Gasteiger partial charge in [0.15, 0.2) is 0 Å². The Bertz CT molecular complexity index is 1050. The lowest BCUT2D eigenvalue weighted by atomic mass is 10.1. The second-order valence-electron chi connectivity index (χ2n) is 5.77. The number of non-ortho nitro benzene ring substituents is 1. The van der Waals surface area contributed by atoms with Gasteiger partial charge in [0, 0.05) is 23.4 Å². The van der Waals surface area contributed by atoms with Crippen LogP contribution in [0.5, 0.6) is 0 Å². The topological polar surface area (TPSA) is 101 Å². The minimum Gasteiger partial charge on any atom is -0.322 e. The highest BCUT2D eigenvalue weighted by molar-refractivity contribution is 6.12. The average Bonchev–Trinajstić information content (AvgIpc) is 2.70. The number of nitrogens with one attached hydrogen (secondary N) is 2. The van der Waals surface area contributed by atoms with E-state index in [9.17, 15) is 24.1 Å². The Morgan fingerprint density at radius 3 is 2.29 bits per heavy atom. The van der Waals surface area contributed by atoms with E-state index >= 15 is 0 Å². The van der Waals surface area contributed by atoms with Gasteiger partial charge < -0.3 is 10.6 Å². The van der Waals surface area contributed by atoms with Gasteiger partial charge in [0.2, 0.25) is 0 Å². The number of para-hydroxylation sites is 1. The lowest BCUT2D eigenvalue weighted by molar-refractivity contribution is -0.384. The SMILES string of the molecule is O=C(Nc1ccccc1C(=O)Nc1ccc(F)cc1)c1cccc([N+](=O)[O-])c1. The van der Waals surface area contributed by atoms with Gasteiger partial charge >= 0.3 is 0 Å². The van der Waals surface area contributed by atoms with E-state index < -0.39 is 22.6 Å². The molecule has 2 N–H and O–H groups in total. The molecular weight excluding hydrogens is 365 g/mol. The second kappa shape index (κ2) is 8.09. The van der Waals surface area contributed by atoms with Crippen molar-refractivity contribution in [1.29, 1.82) is 0 Å². The first-order valence-electron chi connectivity index (χ1n) is 8.16. The number of halogens is 1. The number of nitrogens with zero attached hydrogens (tertiary/aromatic N) is 1. The summed E-state index contributed by atoms with van der Waals surface area (Å²) in [4.78, 5) is 35.3. The summed E-state index contributed by atoms with van der Waals surface area (Å²) in [6, 6.07) is 16.8. The Hall–Kier alpha value is -4.07. The van der Waals surface area contributed by atoms with Crippen molar-refractivity contribution in [1.82, 2.24) is 0 Å². The maximum atomic E-state index is 13.0. The summed E-state index contributed by atoms with van der Waals surface area (Å²) in [6.45, 7) is 0. The van der Waals surface area contributed by atoms with E-state index in [-0.39, 0.29) is 22.5 Å². The third kappa shape index (κ3) is 4.36. The number of nitro benzene ring substituents is 1. The fourth-order valence-electron chi connectivity index (χ4n) is 2.48. The lowest BCUT2D eigenvalue weighted by Crippen LogP contribution is -2.18. The van der Waals surface area contributed by atoms with Gasteiger partial charge in [0.25, 0.3) is 17.5 Å². The third-order valence-corrected chi connectivity index (χ3v) is 3.84. The van der Waals surface area contributed by atoms with Gasteiger partial charge in [-0.3, -0.25) is 19.7 Å². The zero-order chi connectivity index (χ0) is 20.1.